The Morgan fingerprint density at radius 1 is 0.660 bits per heavy atom. The summed E-state index contributed by atoms with van der Waals surface area (Å²) in [7, 11) is 0. The van der Waals surface area contributed by atoms with E-state index in [9.17, 15) is 0 Å². The van der Waals surface area contributed by atoms with Crippen LogP contribution in [0.2, 0.25) is 0 Å². The number of benzene rings is 4. The number of rotatable bonds is 11. The summed E-state index contributed by atoms with van der Waals surface area (Å²) >= 11 is 0. The third-order valence-electron chi connectivity index (χ3n) is 8.47. The molecule has 5 aromatic rings. The van der Waals surface area contributed by atoms with Gasteiger partial charge in [-0.05, 0) is 96.0 Å². The van der Waals surface area contributed by atoms with Gasteiger partial charge in [0.2, 0.25) is 0 Å². The van der Waals surface area contributed by atoms with E-state index >= 15 is 0 Å². The fraction of sp³-hybridized carbons (Fsp3) is 0.143. The average Bonchev–Trinajstić information content (AvgIpc) is 3.54. The van der Waals surface area contributed by atoms with E-state index < -0.39 is 0 Å². The first-order valence-electron chi connectivity index (χ1n) is 17.5. The predicted molar refractivity (Wildman–Crippen MR) is 225 cm³/mol. The van der Waals surface area contributed by atoms with Crippen LogP contribution >= 0.6 is 0 Å². The summed E-state index contributed by atoms with van der Waals surface area (Å²) < 4.78 is 2.15. The van der Waals surface area contributed by atoms with Gasteiger partial charge in [-0.25, -0.2) is 0 Å². The van der Waals surface area contributed by atoms with Crippen molar-refractivity contribution in [3.05, 3.63) is 205 Å². The molecule has 5 rings (SSSR count). The maximum absolute atomic E-state index is 4.06. The van der Waals surface area contributed by atoms with Gasteiger partial charge in [0.25, 0.3) is 0 Å². The summed E-state index contributed by atoms with van der Waals surface area (Å²) in [5, 5.41) is 0. The Kier molecular flexibility index (Phi) is 15.5. The second-order valence-electron chi connectivity index (χ2n) is 11.4. The highest BCUT2D eigenvalue weighted by atomic mass is 15.0. The van der Waals surface area contributed by atoms with Gasteiger partial charge >= 0.3 is 0 Å². The van der Waals surface area contributed by atoms with Gasteiger partial charge in [0, 0.05) is 23.4 Å². The number of hydrogen-bond donors (Lipinski definition) is 0. The molecule has 1 atom stereocenters. The summed E-state index contributed by atoms with van der Waals surface area (Å²) in [6, 6.07) is 34.9. The van der Waals surface area contributed by atoms with Crippen LogP contribution in [-0.4, -0.2) is 4.57 Å². The van der Waals surface area contributed by atoms with Crippen LogP contribution in [0.15, 0.2) is 172 Å². The minimum atomic E-state index is 0.0422. The number of allylic oxidation sites excluding steroid dienone is 7. The van der Waals surface area contributed by atoms with Gasteiger partial charge < -0.3 is 4.57 Å². The van der Waals surface area contributed by atoms with Crippen molar-refractivity contribution in [2.24, 2.45) is 0 Å². The van der Waals surface area contributed by atoms with Crippen molar-refractivity contribution in [2.45, 2.75) is 47.5 Å². The second-order valence-corrected chi connectivity index (χ2v) is 11.4. The van der Waals surface area contributed by atoms with E-state index in [0.29, 0.717) is 0 Å². The first-order chi connectivity index (χ1) is 24.5. The first kappa shape index (κ1) is 38.8. The van der Waals surface area contributed by atoms with Crippen LogP contribution < -0.4 is 0 Å². The molecule has 1 heterocycles. The lowest BCUT2D eigenvalue weighted by molar-refractivity contribution is 0.978. The van der Waals surface area contributed by atoms with E-state index in [-0.39, 0.29) is 5.92 Å². The molecule has 254 valence electrons. The normalized spacial score (nSPS) is 11.6. The zero-order valence-corrected chi connectivity index (χ0v) is 30.9. The zero-order valence-electron chi connectivity index (χ0n) is 30.9. The van der Waals surface area contributed by atoms with Crippen LogP contribution in [0.5, 0.6) is 0 Å². The van der Waals surface area contributed by atoms with Gasteiger partial charge in [0.05, 0.1) is 5.69 Å². The van der Waals surface area contributed by atoms with Crippen molar-refractivity contribution in [1.29, 1.82) is 0 Å². The van der Waals surface area contributed by atoms with Crippen molar-refractivity contribution in [3.63, 3.8) is 0 Å². The molecule has 0 aliphatic rings. The largest absolute Gasteiger partial charge is 0.316 e. The molecule has 1 heteroatoms. The van der Waals surface area contributed by atoms with Gasteiger partial charge in [-0.3, -0.25) is 0 Å². The highest BCUT2D eigenvalue weighted by Crippen LogP contribution is 2.43. The molecule has 0 amide bonds. The van der Waals surface area contributed by atoms with E-state index in [0.717, 1.165) is 28.1 Å². The van der Waals surface area contributed by atoms with Crippen LogP contribution in [0.4, 0.5) is 0 Å². The molecular weight excluding hydrogens is 603 g/mol. The molecule has 0 saturated carbocycles. The van der Waals surface area contributed by atoms with Gasteiger partial charge in [-0.2, -0.15) is 0 Å². The molecule has 1 aromatic heterocycles. The zero-order chi connectivity index (χ0) is 36.5. The topological polar surface area (TPSA) is 4.93 Å². The van der Waals surface area contributed by atoms with Crippen molar-refractivity contribution in [3.8, 4) is 27.9 Å². The number of hydrogen-bond acceptors (Lipinski definition) is 0. The molecule has 0 saturated heterocycles. The molecule has 0 bridgehead atoms. The minimum absolute atomic E-state index is 0.0422. The molecule has 0 radical (unpaired) electrons. The lowest BCUT2D eigenvalue weighted by Crippen LogP contribution is -2.06. The molecule has 0 spiro atoms. The van der Waals surface area contributed by atoms with Gasteiger partial charge in [0.1, 0.15) is 0 Å². The highest BCUT2D eigenvalue weighted by molar-refractivity contribution is 5.88. The van der Waals surface area contributed by atoms with Crippen LogP contribution in [0, 0.1) is 6.92 Å². The van der Waals surface area contributed by atoms with E-state index in [1.807, 2.05) is 64.2 Å². The first-order valence-corrected chi connectivity index (χ1v) is 17.5. The summed E-state index contributed by atoms with van der Waals surface area (Å²) in [6.45, 7) is 28.3. The molecule has 50 heavy (non-hydrogen) atoms. The maximum Gasteiger partial charge on any atom is 0.0528 e. The Balaban J connectivity index is 0.00000105. The van der Waals surface area contributed by atoms with E-state index in [1.54, 1.807) is 0 Å². The molecule has 1 nitrogen and oxygen atoms in total. The number of aromatic nitrogens is 1. The fourth-order valence-corrected chi connectivity index (χ4v) is 6.18. The molecule has 0 aliphatic heterocycles. The lowest BCUT2D eigenvalue weighted by atomic mass is 9.79. The molecule has 0 fully saturated rings. The monoisotopic (exact) mass is 655 g/mol. The van der Waals surface area contributed by atoms with Gasteiger partial charge in [-0.15, -0.1) is 0 Å². The number of nitrogens with zero attached hydrogens (tertiary/aromatic N) is 1. The Hall–Kier alpha value is -5.66. The third kappa shape index (κ3) is 8.87. The summed E-state index contributed by atoms with van der Waals surface area (Å²) in [5.74, 6) is 0.0422. The standard InChI is InChI=1S/C43H39N.C4H8.C2H6/c1-7-18-34(19-8-2)43(35-21-13-12-14-22-35)40-24-16-15-23-39(40)42-31(6)20-17-25-38(42)33-26-28-36(29-27-33)44-30-32(9-3)37(10-4)41(44)11-5;1-3-4-2;1-2/h7-30,43H,1,3-5H2,2,6H3;3-4H,1-2H3;1-2H3/b19-8-,34-18+;4-3-;. The van der Waals surface area contributed by atoms with E-state index in [1.165, 1.54) is 39.0 Å². The molecule has 1 unspecified atom stereocenters. The minimum Gasteiger partial charge on any atom is -0.316 e. The van der Waals surface area contributed by atoms with Crippen LogP contribution in [0.1, 0.15) is 74.0 Å². The number of aryl methyl sites for hydroxylation is 1. The van der Waals surface area contributed by atoms with Gasteiger partial charge in [-0.1, -0.05) is 174 Å². The van der Waals surface area contributed by atoms with Crippen LogP contribution in [0.25, 0.3) is 46.2 Å². The Bertz CT molecular complexity index is 1950. The smallest absolute Gasteiger partial charge is 0.0528 e. The van der Waals surface area contributed by atoms with Gasteiger partial charge in [0.15, 0.2) is 0 Å². The molecule has 0 N–H and O–H groups in total. The Morgan fingerprint density at radius 2 is 1.30 bits per heavy atom. The van der Waals surface area contributed by atoms with E-state index in [2.05, 4.69) is 166 Å². The van der Waals surface area contributed by atoms with E-state index in [4.69, 9.17) is 0 Å². The summed E-state index contributed by atoms with van der Waals surface area (Å²) in [5.41, 5.74) is 13.9. The lowest BCUT2D eigenvalue weighted by Gasteiger charge is -2.25. The Labute approximate surface area is 302 Å². The quantitative estimate of drug-likeness (QED) is 0.0986. The molecule has 4 aromatic carbocycles. The van der Waals surface area contributed by atoms with Crippen molar-refractivity contribution < 1.29 is 0 Å². The van der Waals surface area contributed by atoms with Crippen molar-refractivity contribution >= 4 is 18.2 Å². The Morgan fingerprint density at radius 3 is 1.88 bits per heavy atom. The third-order valence-corrected chi connectivity index (χ3v) is 8.47. The maximum atomic E-state index is 4.06. The SMILES string of the molecule is C/C=C\C.C=C/C=C(\C=C/C)C(c1ccccc1)c1ccccc1-c1c(C)cccc1-c1ccc(-n2cc(C=C)c(C=C)c2C=C)cc1.CC. The van der Waals surface area contributed by atoms with Crippen molar-refractivity contribution in [1.82, 2.24) is 4.57 Å². The van der Waals surface area contributed by atoms with Crippen LogP contribution in [0.3, 0.4) is 0 Å². The van der Waals surface area contributed by atoms with Crippen molar-refractivity contribution in [2.75, 3.05) is 0 Å². The predicted octanol–water partition coefficient (Wildman–Crippen LogP) is 14.5. The second kappa shape index (κ2) is 20.0. The summed E-state index contributed by atoms with van der Waals surface area (Å²) in [6.07, 6.45) is 20.0. The molecular formula is C49H53N. The fourth-order valence-electron chi connectivity index (χ4n) is 6.18. The average molecular weight is 656 g/mol. The van der Waals surface area contributed by atoms with Crippen LogP contribution in [-0.2, 0) is 0 Å². The summed E-state index contributed by atoms with van der Waals surface area (Å²) in [4.78, 5) is 0. The molecule has 0 aliphatic carbocycles. The highest BCUT2D eigenvalue weighted by Gasteiger charge is 2.23.